The Bertz CT molecular complexity index is 1030. The molecule has 1 aliphatic heterocycles. The summed E-state index contributed by atoms with van der Waals surface area (Å²) in [4.78, 5) is 24.7. The van der Waals surface area contributed by atoms with Crippen molar-refractivity contribution < 1.29 is 22.4 Å². The number of nitrogens with zero attached hydrogens (tertiary/aromatic N) is 1. The van der Waals surface area contributed by atoms with Crippen LogP contribution in [0.2, 0.25) is 5.02 Å². The standard InChI is InChI=1S/C20H21ClFN3O4S/c21-17-11-15(8-9-18(17)22)24-19(26)12-23-20(27)14-5-4-10-25(13-14)30(28,29)16-6-2-1-3-7-16/h1-3,6-9,11,14H,4-5,10,12-13H2,(H,23,27)(H,24,26). The highest BCUT2D eigenvalue weighted by atomic mass is 35.5. The van der Waals surface area contributed by atoms with Gasteiger partial charge in [0, 0.05) is 18.8 Å². The fourth-order valence-corrected chi connectivity index (χ4v) is 4.93. The first-order chi connectivity index (χ1) is 14.3. The molecule has 10 heteroatoms. The second kappa shape index (κ2) is 9.55. The van der Waals surface area contributed by atoms with Gasteiger partial charge in [0.1, 0.15) is 5.82 Å². The van der Waals surface area contributed by atoms with E-state index >= 15 is 0 Å². The lowest BCUT2D eigenvalue weighted by molar-refractivity contribution is -0.128. The maximum Gasteiger partial charge on any atom is 0.243 e. The number of hydrogen-bond donors (Lipinski definition) is 2. The summed E-state index contributed by atoms with van der Waals surface area (Å²) < 4.78 is 40.0. The van der Waals surface area contributed by atoms with E-state index in [-0.39, 0.29) is 23.0 Å². The van der Waals surface area contributed by atoms with Crippen molar-refractivity contribution in [3.8, 4) is 0 Å². The number of anilines is 1. The van der Waals surface area contributed by atoms with Gasteiger partial charge in [0.25, 0.3) is 0 Å². The first-order valence-electron chi connectivity index (χ1n) is 9.35. The Morgan fingerprint density at radius 3 is 2.60 bits per heavy atom. The van der Waals surface area contributed by atoms with E-state index in [1.165, 1.54) is 28.6 Å². The van der Waals surface area contributed by atoms with Crippen LogP contribution in [0.15, 0.2) is 53.4 Å². The Kier molecular flexibility index (Phi) is 7.06. The number of amides is 2. The molecule has 2 aromatic rings. The number of nitrogens with one attached hydrogen (secondary N) is 2. The predicted octanol–water partition coefficient (Wildman–Crippen LogP) is 2.63. The van der Waals surface area contributed by atoms with Gasteiger partial charge in [-0.2, -0.15) is 4.31 Å². The summed E-state index contributed by atoms with van der Waals surface area (Å²) in [5.74, 6) is -2.05. The van der Waals surface area contributed by atoms with Crippen LogP contribution in [0.1, 0.15) is 12.8 Å². The second-order valence-electron chi connectivity index (χ2n) is 6.91. The third kappa shape index (κ3) is 5.35. The zero-order chi connectivity index (χ0) is 21.7. The van der Waals surface area contributed by atoms with Crippen molar-refractivity contribution in [2.75, 3.05) is 25.0 Å². The van der Waals surface area contributed by atoms with E-state index in [0.717, 1.165) is 6.07 Å². The Labute approximate surface area is 179 Å². The summed E-state index contributed by atoms with van der Waals surface area (Å²) in [5.41, 5.74) is 0.304. The topological polar surface area (TPSA) is 95.6 Å². The average molecular weight is 454 g/mol. The zero-order valence-electron chi connectivity index (χ0n) is 16.0. The van der Waals surface area contributed by atoms with Crippen LogP contribution in [0.4, 0.5) is 10.1 Å². The molecule has 1 saturated heterocycles. The van der Waals surface area contributed by atoms with Crippen LogP contribution in [0.25, 0.3) is 0 Å². The number of piperidine rings is 1. The molecule has 1 atom stereocenters. The van der Waals surface area contributed by atoms with Gasteiger partial charge in [0.2, 0.25) is 21.8 Å². The molecule has 2 N–H and O–H groups in total. The smallest absolute Gasteiger partial charge is 0.243 e. The molecule has 0 aliphatic carbocycles. The van der Waals surface area contributed by atoms with Crippen LogP contribution in [0, 0.1) is 11.7 Å². The molecule has 2 amide bonds. The lowest BCUT2D eigenvalue weighted by Crippen LogP contribution is -2.46. The molecule has 0 radical (unpaired) electrons. The molecule has 30 heavy (non-hydrogen) atoms. The number of rotatable bonds is 6. The van der Waals surface area contributed by atoms with Crippen LogP contribution >= 0.6 is 11.6 Å². The van der Waals surface area contributed by atoms with E-state index in [2.05, 4.69) is 10.6 Å². The number of halogens is 2. The highest BCUT2D eigenvalue weighted by Gasteiger charge is 2.33. The van der Waals surface area contributed by atoms with Crippen molar-refractivity contribution in [2.45, 2.75) is 17.7 Å². The molecule has 1 heterocycles. The molecule has 1 unspecified atom stereocenters. The van der Waals surface area contributed by atoms with Crippen LogP contribution in [0.5, 0.6) is 0 Å². The molecule has 0 spiro atoms. The summed E-state index contributed by atoms with van der Waals surface area (Å²) in [7, 11) is -3.68. The summed E-state index contributed by atoms with van der Waals surface area (Å²) in [6, 6.07) is 11.8. The lowest BCUT2D eigenvalue weighted by atomic mass is 9.99. The quantitative estimate of drug-likeness (QED) is 0.702. The summed E-state index contributed by atoms with van der Waals surface area (Å²) in [5, 5.41) is 4.92. The minimum absolute atomic E-state index is 0.0538. The highest BCUT2D eigenvalue weighted by Crippen LogP contribution is 2.24. The molecule has 160 valence electrons. The number of hydrogen-bond acceptors (Lipinski definition) is 4. The third-order valence-corrected chi connectivity index (χ3v) is 6.93. The maximum absolute atomic E-state index is 13.2. The van der Waals surface area contributed by atoms with Crippen molar-refractivity contribution >= 4 is 39.1 Å². The Morgan fingerprint density at radius 1 is 1.17 bits per heavy atom. The highest BCUT2D eigenvalue weighted by molar-refractivity contribution is 7.89. The number of benzene rings is 2. The van der Waals surface area contributed by atoms with Crippen LogP contribution in [-0.4, -0.2) is 44.2 Å². The van der Waals surface area contributed by atoms with E-state index in [4.69, 9.17) is 11.6 Å². The van der Waals surface area contributed by atoms with Crippen LogP contribution < -0.4 is 10.6 Å². The van der Waals surface area contributed by atoms with Gasteiger partial charge in [0.05, 0.1) is 22.4 Å². The average Bonchev–Trinajstić information content (AvgIpc) is 2.75. The van der Waals surface area contributed by atoms with Crippen LogP contribution in [0.3, 0.4) is 0 Å². The fraction of sp³-hybridized carbons (Fsp3) is 0.300. The molecule has 1 aliphatic rings. The summed E-state index contributed by atoms with van der Waals surface area (Å²) >= 11 is 5.67. The molecule has 3 rings (SSSR count). The van der Waals surface area contributed by atoms with Crippen molar-refractivity contribution in [3.05, 3.63) is 59.4 Å². The van der Waals surface area contributed by atoms with Crippen LogP contribution in [-0.2, 0) is 19.6 Å². The molecule has 7 nitrogen and oxygen atoms in total. The van der Waals surface area contributed by atoms with Crippen molar-refractivity contribution in [3.63, 3.8) is 0 Å². The van der Waals surface area contributed by atoms with Gasteiger partial charge >= 0.3 is 0 Å². The molecule has 0 saturated carbocycles. The Hall–Kier alpha value is -2.49. The summed E-state index contributed by atoms with van der Waals surface area (Å²) in [6.45, 7) is 0.0980. The summed E-state index contributed by atoms with van der Waals surface area (Å²) in [6.07, 6.45) is 1.08. The predicted molar refractivity (Wildman–Crippen MR) is 111 cm³/mol. The van der Waals surface area contributed by atoms with E-state index in [1.807, 2.05) is 0 Å². The monoisotopic (exact) mass is 453 g/mol. The van der Waals surface area contributed by atoms with Crippen molar-refractivity contribution in [2.24, 2.45) is 5.92 Å². The van der Waals surface area contributed by atoms with E-state index in [9.17, 15) is 22.4 Å². The van der Waals surface area contributed by atoms with Gasteiger partial charge in [-0.15, -0.1) is 0 Å². The third-order valence-electron chi connectivity index (χ3n) is 4.76. The SMILES string of the molecule is O=C(CNC(=O)C1CCCN(S(=O)(=O)c2ccccc2)C1)Nc1ccc(F)c(Cl)c1. The van der Waals surface area contributed by atoms with Gasteiger partial charge in [-0.3, -0.25) is 9.59 Å². The molecule has 0 bridgehead atoms. The minimum atomic E-state index is -3.68. The normalized spacial score (nSPS) is 17.3. The minimum Gasteiger partial charge on any atom is -0.347 e. The van der Waals surface area contributed by atoms with E-state index in [1.54, 1.807) is 18.2 Å². The number of sulfonamides is 1. The number of carbonyl (C=O) groups is 2. The Balaban J connectivity index is 1.55. The van der Waals surface area contributed by atoms with Gasteiger partial charge in [0.15, 0.2) is 0 Å². The molecule has 1 fully saturated rings. The van der Waals surface area contributed by atoms with Gasteiger partial charge in [-0.05, 0) is 43.2 Å². The van der Waals surface area contributed by atoms with E-state index < -0.39 is 33.6 Å². The number of carbonyl (C=O) groups excluding carboxylic acids is 2. The van der Waals surface area contributed by atoms with Crippen molar-refractivity contribution in [1.82, 2.24) is 9.62 Å². The molecule has 0 aromatic heterocycles. The molecular formula is C20H21ClFN3O4S. The Morgan fingerprint density at radius 2 is 1.90 bits per heavy atom. The first kappa shape index (κ1) is 22.2. The van der Waals surface area contributed by atoms with Gasteiger partial charge in [-0.1, -0.05) is 29.8 Å². The zero-order valence-corrected chi connectivity index (χ0v) is 17.5. The lowest BCUT2D eigenvalue weighted by Gasteiger charge is -2.31. The van der Waals surface area contributed by atoms with E-state index in [0.29, 0.717) is 25.1 Å². The maximum atomic E-state index is 13.2. The molecular weight excluding hydrogens is 433 g/mol. The molecule has 2 aromatic carbocycles. The van der Waals surface area contributed by atoms with Gasteiger partial charge < -0.3 is 10.6 Å². The first-order valence-corrected chi connectivity index (χ1v) is 11.2. The second-order valence-corrected chi connectivity index (χ2v) is 9.26. The van der Waals surface area contributed by atoms with Crippen molar-refractivity contribution in [1.29, 1.82) is 0 Å². The largest absolute Gasteiger partial charge is 0.347 e. The fourth-order valence-electron chi connectivity index (χ4n) is 3.21. The van der Waals surface area contributed by atoms with Gasteiger partial charge in [-0.25, -0.2) is 12.8 Å².